The maximum atomic E-state index is 12.2. The smallest absolute Gasteiger partial charge is 0.254 e. The standard InChI is InChI=1S/C15H23N3O2/c1-11(2)13-8-14(19)18(10-16-13)9-15(20)17-6-4-12(3)5-7-17/h8,10-12H,4-7,9H2,1-3H3. The molecular formula is C15H23N3O2. The molecule has 0 bridgehead atoms. The monoisotopic (exact) mass is 277 g/mol. The summed E-state index contributed by atoms with van der Waals surface area (Å²) >= 11 is 0. The van der Waals surface area contributed by atoms with Crippen molar-refractivity contribution < 1.29 is 4.79 Å². The number of amides is 1. The van der Waals surface area contributed by atoms with Crippen LogP contribution in [-0.4, -0.2) is 33.4 Å². The zero-order valence-corrected chi connectivity index (χ0v) is 12.5. The van der Waals surface area contributed by atoms with Gasteiger partial charge in [0.15, 0.2) is 0 Å². The lowest BCUT2D eigenvalue weighted by atomic mass is 9.99. The SMILES string of the molecule is CC1CCN(C(=O)Cn2cnc(C(C)C)cc2=O)CC1. The Hall–Kier alpha value is -1.65. The summed E-state index contributed by atoms with van der Waals surface area (Å²) in [5.41, 5.74) is 0.618. The summed E-state index contributed by atoms with van der Waals surface area (Å²) in [4.78, 5) is 30.2. The van der Waals surface area contributed by atoms with Crippen LogP contribution < -0.4 is 5.56 Å². The fourth-order valence-corrected chi connectivity index (χ4v) is 2.38. The van der Waals surface area contributed by atoms with E-state index in [1.165, 1.54) is 17.0 Å². The summed E-state index contributed by atoms with van der Waals surface area (Å²) < 4.78 is 1.40. The predicted molar refractivity (Wildman–Crippen MR) is 77.6 cm³/mol. The van der Waals surface area contributed by atoms with Crippen molar-refractivity contribution in [2.24, 2.45) is 5.92 Å². The molecule has 2 rings (SSSR count). The molecule has 5 heteroatoms. The van der Waals surface area contributed by atoms with E-state index in [-0.39, 0.29) is 23.9 Å². The lowest BCUT2D eigenvalue weighted by Crippen LogP contribution is -2.41. The van der Waals surface area contributed by atoms with Crippen LogP contribution in [0, 0.1) is 5.92 Å². The van der Waals surface area contributed by atoms with Gasteiger partial charge in [0.05, 0.1) is 12.0 Å². The quantitative estimate of drug-likeness (QED) is 0.843. The van der Waals surface area contributed by atoms with Crippen LogP contribution >= 0.6 is 0 Å². The molecule has 0 aromatic carbocycles. The minimum Gasteiger partial charge on any atom is -0.341 e. The van der Waals surface area contributed by atoms with Gasteiger partial charge in [-0.15, -0.1) is 0 Å². The number of hydrogen-bond acceptors (Lipinski definition) is 3. The highest BCUT2D eigenvalue weighted by molar-refractivity contribution is 5.76. The van der Waals surface area contributed by atoms with Crippen LogP contribution in [0.3, 0.4) is 0 Å². The van der Waals surface area contributed by atoms with E-state index >= 15 is 0 Å². The first kappa shape index (κ1) is 14.8. The molecule has 1 aliphatic rings. The fourth-order valence-electron chi connectivity index (χ4n) is 2.38. The average Bonchev–Trinajstić information content (AvgIpc) is 2.41. The summed E-state index contributed by atoms with van der Waals surface area (Å²) in [6.45, 7) is 7.89. The molecule has 1 aromatic heterocycles. The van der Waals surface area contributed by atoms with Gasteiger partial charge in [0, 0.05) is 19.2 Å². The molecule has 0 unspecified atom stereocenters. The van der Waals surface area contributed by atoms with Crippen molar-refractivity contribution in [1.29, 1.82) is 0 Å². The third-order valence-corrected chi connectivity index (χ3v) is 3.93. The number of aromatic nitrogens is 2. The molecule has 0 radical (unpaired) electrons. The second-order valence-corrected chi connectivity index (χ2v) is 6.00. The third kappa shape index (κ3) is 3.46. The topological polar surface area (TPSA) is 55.2 Å². The van der Waals surface area contributed by atoms with E-state index in [1.807, 2.05) is 18.7 Å². The second-order valence-electron chi connectivity index (χ2n) is 6.00. The van der Waals surface area contributed by atoms with Crippen LogP contribution in [0.1, 0.15) is 45.2 Å². The van der Waals surface area contributed by atoms with Crippen molar-refractivity contribution in [3.8, 4) is 0 Å². The van der Waals surface area contributed by atoms with Crippen molar-refractivity contribution in [1.82, 2.24) is 14.5 Å². The Kier molecular flexibility index (Phi) is 4.57. The highest BCUT2D eigenvalue weighted by Crippen LogP contribution is 2.16. The minimum absolute atomic E-state index is 0.0121. The first-order chi connectivity index (χ1) is 9.47. The fraction of sp³-hybridized carbons (Fsp3) is 0.667. The van der Waals surface area contributed by atoms with E-state index in [9.17, 15) is 9.59 Å². The van der Waals surface area contributed by atoms with Gasteiger partial charge in [0.25, 0.3) is 5.56 Å². The normalized spacial score (nSPS) is 16.7. The molecule has 110 valence electrons. The Morgan fingerprint density at radius 3 is 2.60 bits per heavy atom. The largest absolute Gasteiger partial charge is 0.341 e. The first-order valence-electron chi connectivity index (χ1n) is 7.31. The van der Waals surface area contributed by atoms with Crippen LogP contribution in [-0.2, 0) is 11.3 Å². The highest BCUT2D eigenvalue weighted by Gasteiger charge is 2.20. The van der Waals surface area contributed by atoms with Crippen LogP contribution in [0.25, 0.3) is 0 Å². The van der Waals surface area contributed by atoms with Gasteiger partial charge in [0.2, 0.25) is 5.91 Å². The van der Waals surface area contributed by atoms with Gasteiger partial charge in [-0.1, -0.05) is 20.8 Å². The molecule has 1 fully saturated rings. The van der Waals surface area contributed by atoms with Crippen molar-refractivity contribution in [2.75, 3.05) is 13.1 Å². The summed E-state index contributed by atoms with van der Waals surface area (Å²) in [6, 6.07) is 1.52. The van der Waals surface area contributed by atoms with Gasteiger partial charge in [-0.3, -0.25) is 14.2 Å². The summed E-state index contributed by atoms with van der Waals surface area (Å²) in [5.74, 6) is 0.920. The van der Waals surface area contributed by atoms with Crippen molar-refractivity contribution in [3.63, 3.8) is 0 Å². The van der Waals surface area contributed by atoms with Gasteiger partial charge >= 0.3 is 0 Å². The third-order valence-electron chi connectivity index (χ3n) is 3.93. The van der Waals surface area contributed by atoms with E-state index < -0.39 is 0 Å². The molecule has 0 spiro atoms. The molecule has 1 aliphatic heterocycles. The van der Waals surface area contributed by atoms with Gasteiger partial charge < -0.3 is 4.90 Å². The molecule has 0 N–H and O–H groups in total. The Bertz CT molecular complexity index is 528. The number of likely N-dealkylation sites (tertiary alicyclic amines) is 1. The van der Waals surface area contributed by atoms with Gasteiger partial charge in [-0.25, -0.2) is 4.98 Å². The maximum absolute atomic E-state index is 12.2. The number of carbonyl (C=O) groups is 1. The molecule has 1 aromatic rings. The van der Waals surface area contributed by atoms with E-state index in [0.29, 0.717) is 5.92 Å². The molecule has 1 saturated heterocycles. The minimum atomic E-state index is -0.151. The Morgan fingerprint density at radius 1 is 1.40 bits per heavy atom. The molecule has 2 heterocycles. The van der Waals surface area contributed by atoms with Crippen molar-refractivity contribution in [2.45, 2.75) is 46.1 Å². The van der Waals surface area contributed by atoms with E-state index in [2.05, 4.69) is 11.9 Å². The van der Waals surface area contributed by atoms with Crippen molar-refractivity contribution >= 4 is 5.91 Å². The van der Waals surface area contributed by atoms with E-state index in [0.717, 1.165) is 31.6 Å². The van der Waals surface area contributed by atoms with E-state index in [4.69, 9.17) is 0 Å². The summed E-state index contributed by atoms with van der Waals surface area (Å²) in [6.07, 6.45) is 3.58. The summed E-state index contributed by atoms with van der Waals surface area (Å²) in [7, 11) is 0. The summed E-state index contributed by atoms with van der Waals surface area (Å²) in [5, 5.41) is 0. The van der Waals surface area contributed by atoms with Gasteiger partial charge in [-0.05, 0) is 24.7 Å². The Morgan fingerprint density at radius 2 is 2.05 bits per heavy atom. The molecule has 0 saturated carbocycles. The van der Waals surface area contributed by atoms with E-state index in [1.54, 1.807) is 0 Å². The molecule has 0 atom stereocenters. The zero-order chi connectivity index (χ0) is 14.7. The van der Waals surface area contributed by atoms with Crippen LogP contribution in [0.4, 0.5) is 0 Å². The number of hydrogen-bond donors (Lipinski definition) is 0. The molecule has 1 amide bonds. The first-order valence-corrected chi connectivity index (χ1v) is 7.31. The highest BCUT2D eigenvalue weighted by atomic mass is 16.2. The lowest BCUT2D eigenvalue weighted by Gasteiger charge is -2.30. The zero-order valence-electron chi connectivity index (χ0n) is 12.5. The lowest BCUT2D eigenvalue weighted by molar-refractivity contribution is -0.133. The van der Waals surface area contributed by atoms with Gasteiger partial charge in [-0.2, -0.15) is 0 Å². The van der Waals surface area contributed by atoms with Crippen LogP contribution in [0.2, 0.25) is 0 Å². The predicted octanol–water partition coefficient (Wildman–Crippen LogP) is 1.63. The van der Waals surface area contributed by atoms with Crippen molar-refractivity contribution in [3.05, 3.63) is 28.4 Å². The molecule has 20 heavy (non-hydrogen) atoms. The second kappa shape index (κ2) is 6.20. The molecule has 0 aliphatic carbocycles. The molecule has 5 nitrogen and oxygen atoms in total. The number of nitrogens with zero attached hydrogens (tertiary/aromatic N) is 3. The number of piperidine rings is 1. The average molecular weight is 277 g/mol. The van der Waals surface area contributed by atoms with Crippen LogP contribution in [0.5, 0.6) is 0 Å². The van der Waals surface area contributed by atoms with Gasteiger partial charge in [0.1, 0.15) is 6.54 Å². The number of rotatable bonds is 3. The number of carbonyl (C=O) groups excluding carboxylic acids is 1. The Balaban J connectivity index is 2.03. The maximum Gasteiger partial charge on any atom is 0.254 e. The van der Waals surface area contributed by atoms with Crippen LogP contribution in [0.15, 0.2) is 17.2 Å². The Labute approximate surface area is 119 Å². The molecular weight excluding hydrogens is 254 g/mol.